The van der Waals surface area contributed by atoms with Gasteiger partial charge in [0.15, 0.2) is 0 Å². The van der Waals surface area contributed by atoms with E-state index in [2.05, 4.69) is 4.98 Å². The molecular weight excluding hydrogens is 450 g/mol. The molecule has 0 aliphatic carbocycles. The first-order chi connectivity index (χ1) is 16.2. The van der Waals surface area contributed by atoms with Crippen molar-refractivity contribution in [2.24, 2.45) is 0 Å². The molecule has 1 aliphatic heterocycles. The third kappa shape index (κ3) is 4.69. The second kappa shape index (κ2) is 9.56. The molecule has 0 spiro atoms. The van der Waals surface area contributed by atoms with Crippen molar-refractivity contribution in [3.05, 3.63) is 82.7 Å². The first-order valence-corrected chi connectivity index (χ1v) is 12.7. The maximum absolute atomic E-state index is 13.5. The van der Waals surface area contributed by atoms with E-state index in [0.717, 1.165) is 22.3 Å². The van der Waals surface area contributed by atoms with E-state index in [-0.39, 0.29) is 19.0 Å². The van der Waals surface area contributed by atoms with Crippen molar-refractivity contribution in [2.45, 2.75) is 32.6 Å². The zero-order valence-corrected chi connectivity index (χ0v) is 20.7. The highest BCUT2D eigenvalue weighted by atomic mass is 32.2. The highest BCUT2D eigenvalue weighted by Crippen LogP contribution is 2.29. The average molecular weight is 480 g/mol. The van der Waals surface area contributed by atoms with Crippen LogP contribution in [0, 0.1) is 27.7 Å². The van der Waals surface area contributed by atoms with Crippen LogP contribution in [0.5, 0.6) is 11.5 Å². The van der Waals surface area contributed by atoms with Gasteiger partial charge < -0.3 is 9.64 Å². The van der Waals surface area contributed by atoms with Gasteiger partial charge in [0.25, 0.3) is 5.91 Å². The van der Waals surface area contributed by atoms with Crippen LogP contribution in [0.15, 0.2) is 59.8 Å². The molecule has 0 saturated carbocycles. The Balaban J connectivity index is 1.43. The number of carbonyl (C=O) groups is 1. The maximum Gasteiger partial charge on any atom is 0.253 e. The van der Waals surface area contributed by atoms with Gasteiger partial charge in [-0.2, -0.15) is 4.31 Å². The average Bonchev–Trinajstić information content (AvgIpc) is 2.83. The van der Waals surface area contributed by atoms with Crippen molar-refractivity contribution in [3.8, 4) is 11.5 Å². The lowest BCUT2D eigenvalue weighted by molar-refractivity contribution is 0.0698. The molecule has 1 amide bonds. The zero-order chi connectivity index (χ0) is 24.5. The van der Waals surface area contributed by atoms with Crippen molar-refractivity contribution in [2.75, 3.05) is 26.2 Å². The van der Waals surface area contributed by atoms with E-state index >= 15 is 0 Å². The molecule has 0 N–H and O–H groups in total. The van der Waals surface area contributed by atoms with Gasteiger partial charge in [0.1, 0.15) is 11.5 Å². The highest BCUT2D eigenvalue weighted by molar-refractivity contribution is 7.89. The maximum atomic E-state index is 13.5. The smallest absolute Gasteiger partial charge is 0.253 e. The molecule has 7 nitrogen and oxygen atoms in total. The Morgan fingerprint density at radius 2 is 1.50 bits per heavy atom. The van der Waals surface area contributed by atoms with Gasteiger partial charge in [-0.05, 0) is 86.3 Å². The molecule has 0 bridgehead atoms. The van der Waals surface area contributed by atoms with Gasteiger partial charge >= 0.3 is 0 Å². The number of ether oxygens (including phenoxy) is 1. The standard InChI is InChI=1S/C26H29N3O4S/c1-18-16-19(2)21(4)25(20(18)3)34(31,32)29-14-12-28(13-15-29)26(30)22-7-9-23(10-8-22)33-24-6-5-11-27-17-24/h5-11,16-17H,12-15H2,1-4H3. The van der Waals surface area contributed by atoms with Crippen molar-refractivity contribution < 1.29 is 17.9 Å². The number of hydrogen-bond acceptors (Lipinski definition) is 5. The minimum atomic E-state index is -3.64. The molecule has 34 heavy (non-hydrogen) atoms. The van der Waals surface area contributed by atoms with Gasteiger partial charge in [-0.1, -0.05) is 6.07 Å². The molecule has 1 fully saturated rings. The molecule has 0 atom stereocenters. The van der Waals surface area contributed by atoms with E-state index in [1.165, 1.54) is 4.31 Å². The van der Waals surface area contributed by atoms with Gasteiger partial charge in [-0.15, -0.1) is 0 Å². The molecule has 2 aromatic carbocycles. The number of pyridine rings is 1. The molecule has 8 heteroatoms. The van der Waals surface area contributed by atoms with Gasteiger partial charge in [-0.3, -0.25) is 9.78 Å². The first kappa shape index (κ1) is 23.9. The summed E-state index contributed by atoms with van der Waals surface area (Å²) in [5.74, 6) is 1.11. The van der Waals surface area contributed by atoms with Gasteiger partial charge in [0.05, 0.1) is 11.1 Å². The molecule has 1 aromatic heterocycles. The minimum Gasteiger partial charge on any atom is -0.456 e. The molecule has 2 heterocycles. The van der Waals surface area contributed by atoms with Crippen LogP contribution in [0.2, 0.25) is 0 Å². The van der Waals surface area contributed by atoms with Crippen molar-refractivity contribution in [1.29, 1.82) is 0 Å². The number of sulfonamides is 1. The number of carbonyl (C=O) groups excluding carboxylic acids is 1. The van der Waals surface area contributed by atoms with Crippen LogP contribution < -0.4 is 4.74 Å². The van der Waals surface area contributed by atoms with Crippen LogP contribution >= 0.6 is 0 Å². The van der Waals surface area contributed by atoms with Crippen LogP contribution in [0.1, 0.15) is 32.6 Å². The number of amides is 1. The van der Waals surface area contributed by atoms with Crippen LogP contribution in [0.4, 0.5) is 0 Å². The minimum absolute atomic E-state index is 0.122. The fourth-order valence-corrected chi connectivity index (χ4v) is 6.22. The number of rotatable bonds is 5. The van der Waals surface area contributed by atoms with Crippen LogP contribution in [-0.4, -0.2) is 54.7 Å². The molecular formula is C26H29N3O4S. The summed E-state index contributed by atoms with van der Waals surface area (Å²) < 4.78 is 34.2. The molecule has 1 saturated heterocycles. The molecule has 1 aliphatic rings. The summed E-state index contributed by atoms with van der Waals surface area (Å²) in [4.78, 5) is 19.1. The number of aryl methyl sites for hydroxylation is 2. The summed E-state index contributed by atoms with van der Waals surface area (Å²) in [5.41, 5.74) is 4.04. The van der Waals surface area contributed by atoms with Gasteiger partial charge in [-0.25, -0.2) is 8.42 Å². The summed E-state index contributed by atoms with van der Waals surface area (Å²) in [7, 11) is -3.64. The van der Waals surface area contributed by atoms with Crippen molar-refractivity contribution in [1.82, 2.24) is 14.2 Å². The Bertz CT molecular complexity index is 1270. The van der Waals surface area contributed by atoms with Crippen LogP contribution in [-0.2, 0) is 10.0 Å². The molecule has 178 valence electrons. The normalized spacial score (nSPS) is 14.8. The first-order valence-electron chi connectivity index (χ1n) is 11.2. The molecule has 0 unspecified atom stereocenters. The number of benzene rings is 2. The highest BCUT2D eigenvalue weighted by Gasteiger charge is 2.33. The van der Waals surface area contributed by atoms with Gasteiger partial charge in [0.2, 0.25) is 10.0 Å². The van der Waals surface area contributed by atoms with E-state index < -0.39 is 10.0 Å². The predicted molar refractivity (Wildman–Crippen MR) is 131 cm³/mol. The Morgan fingerprint density at radius 1 is 0.882 bits per heavy atom. The van der Waals surface area contributed by atoms with E-state index in [0.29, 0.717) is 35.0 Å². The van der Waals surface area contributed by atoms with E-state index in [9.17, 15) is 13.2 Å². The Hall–Kier alpha value is -3.23. The van der Waals surface area contributed by atoms with Crippen LogP contribution in [0.25, 0.3) is 0 Å². The van der Waals surface area contributed by atoms with E-state index in [1.54, 1.807) is 53.7 Å². The summed E-state index contributed by atoms with van der Waals surface area (Å²) in [6, 6.07) is 12.5. The van der Waals surface area contributed by atoms with Crippen LogP contribution in [0.3, 0.4) is 0 Å². The Labute approximate surface area is 201 Å². The Kier molecular flexibility index (Phi) is 6.72. The molecule has 4 rings (SSSR count). The quantitative estimate of drug-likeness (QED) is 0.547. The predicted octanol–water partition coefficient (Wildman–Crippen LogP) is 4.25. The number of aromatic nitrogens is 1. The third-order valence-electron chi connectivity index (χ3n) is 6.39. The number of piperazine rings is 1. The molecule has 3 aromatic rings. The van der Waals surface area contributed by atoms with Gasteiger partial charge in [0, 0.05) is 37.9 Å². The monoisotopic (exact) mass is 479 g/mol. The topological polar surface area (TPSA) is 79.8 Å². The lowest BCUT2D eigenvalue weighted by atomic mass is 10.0. The van der Waals surface area contributed by atoms with Crippen molar-refractivity contribution >= 4 is 15.9 Å². The summed E-state index contributed by atoms with van der Waals surface area (Å²) in [6.45, 7) is 8.80. The largest absolute Gasteiger partial charge is 0.456 e. The van der Waals surface area contributed by atoms with E-state index in [4.69, 9.17) is 4.74 Å². The van der Waals surface area contributed by atoms with Crippen molar-refractivity contribution in [3.63, 3.8) is 0 Å². The lowest BCUT2D eigenvalue weighted by Gasteiger charge is -2.35. The fourth-order valence-electron chi connectivity index (χ4n) is 4.22. The third-order valence-corrected chi connectivity index (χ3v) is 8.57. The summed E-state index contributed by atoms with van der Waals surface area (Å²) >= 11 is 0. The molecule has 0 radical (unpaired) electrons. The fraction of sp³-hybridized carbons (Fsp3) is 0.308. The summed E-state index contributed by atoms with van der Waals surface area (Å²) in [5, 5.41) is 0. The second-order valence-corrected chi connectivity index (χ2v) is 10.5. The second-order valence-electron chi connectivity index (χ2n) is 8.60. The van der Waals surface area contributed by atoms with E-state index in [1.807, 2.05) is 33.8 Å². The zero-order valence-electron chi connectivity index (χ0n) is 19.9. The number of hydrogen-bond donors (Lipinski definition) is 0. The SMILES string of the molecule is Cc1cc(C)c(C)c(S(=O)(=O)N2CCN(C(=O)c3ccc(Oc4cccnc4)cc3)CC2)c1C. The lowest BCUT2D eigenvalue weighted by Crippen LogP contribution is -2.50. The summed E-state index contributed by atoms with van der Waals surface area (Å²) in [6.07, 6.45) is 3.29. The Morgan fingerprint density at radius 3 is 2.06 bits per heavy atom. The number of nitrogens with zero attached hydrogens (tertiary/aromatic N) is 3.